The van der Waals surface area contributed by atoms with Crippen LogP contribution in [-0.4, -0.2) is 31.0 Å². The highest BCUT2D eigenvalue weighted by Gasteiger charge is 2.16. The van der Waals surface area contributed by atoms with Crippen molar-refractivity contribution in [1.82, 2.24) is 20.2 Å². The average molecular weight is 342 g/mol. The number of carbonyl (C=O) groups is 1. The summed E-state index contributed by atoms with van der Waals surface area (Å²) in [6.07, 6.45) is 0.842. The monoisotopic (exact) mass is 342 g/mol. The number of non-ortho nitro benzene ring substituents is 1. The van der Waals surface area contributed by atoms with Gasteiger partial charge in [-0.1, -0.05) is 24.2 Å². The zero-order chi connectivity index (χ0) is 17.8. The summed E-state index contributed by atoms with van der Waals surface area (Å²) in [6.45, 7) is 2.57. The average Bonchev–Trinajstić information content (AvgIpc) is 3.25. The van der Waals surface area contributed by atoms with Crippen LogP contribution in [0.3, 0.4) is 0 Å². The van der Waals surface area contributed by atoms with Crippen LogP contribution in [0.4, 0.5) is 11.6 Å². The first kappa shape index (κ1) is 16.3. The number of furan rings is 1. The van der Waals surface area contributed by atoms with Crippen molar-refractivity contribution in [2.75, 3.05) is 5.32 Å². The second-order valence-electron chi connectivity index (χ2n) is 5.13. The van der Waals surface area contributed by atoms with Crippen LogP contribution in [0, 0.1) is 10.1 Å². The largest absolute Gasteiger partial charge is 0.451 e. The second-order valence-corrected chi connectivity index (χ2v) is 5.13. The molecule has 0 aliphatic rings. The molecule has 1 amide bonds. The van der Waals surface area contributed by atoms with Crippen molar-refractivity contribution in [2.24, 2.45) is 0 Å². The van der Waals surface area contributed by atoms with Crippen molar-refractivity contribution >= 4 is 17.5 Å². The van der Waals surface area contributed by atoms with Gasteiger partial charge in [-0.3, -0.25) is 20.2 Å². The number of nitro benzene ring substituents is 1. The lowest BCUT2D eigenvalue weighted by atomic mass is 10.1. The lowest BCUT2D eigenvalue weighted by Crippen LogP contribution is -2.12. The molecule has 3 aromatic rings. The zero-order valence-electron chi connectivity index (χ0n) is 13.2. The highest BCUT2D eigenvalue weighted by atomic mass is 16.6. The second kappa shape index (κ2) is 6.91. The van der Waals surface area contributed by atoms with E-state index in [0.29, 0.717) is 17.9 Å². The molecule has 0 fully saturated rings. The van der Waals surface area contributed by atoms with E-state index in [1.165, 1.54) is 23.0 Å². The fourth-order valence-electron chi connectivity index (χ4n) is 2.14. The van der Waals surface area contributed by atoms with Crippen LogP contribution in [0.15, 0.2) is 40.8 Å². The highest BCUT2D eigenvalue weighted by Crippen LogP contribution is 2.25. The Bertz CT molecular complexity index is 916. The Balaban J connectivity index is 1.75. The number of amides is 1. The summed E-state index contributed by atoms with van der Waals surface area (Å²) in [5.74, 6) is -0.0794. The van der Waals surface area contributed by atoms with E-state index in [1.54, 1.807) is 18.2 Å². The number of carbonyl (C=O) groups excluding carboxylic acids is 1. The minimum Gasteiger partial charge on any atom is -0.451 e. The number of anilines is 1. The normalized spacial score (nSPS) is 10.6. The van der Waals surface area contributed by atoms with Gasteiger partial charge in [-0.25, -0.2) is 0 Å². The Morgan fingerprint density at radius 2 is 2.20 bits per heavy atom. The maximum Gasteiger partial charge on any atom is 0.293 e. The molecule has 0 bridgehead atoms. The lowest BCUT2D eigenvalue weighted by Gasteiger charge is -1.98. The number of rotatable bonds is 6. The molecule has 2 heterocycles. The maximum absolute atomic E-state index is 12.2. The Morgan fingerprint density at radius 3 is 2.96 bits per heavy atom. The Kier molecular flexibility index (Phi) is 4.50. The minimum atomic E-state index is -0.535. The van der Waals surface area contributed by atoms with Crippen molar-refractivity contribution in [3.8, 4) is 11.3 Å². The Hall–Kier alpha value is -3.56. The number of aromatic nitrogens is 4. The summed E-state index contributed by atoms with van der Waals surface area (Å²) in [5, 5.41) is 24.9. The summed E-state index contributed by atoms with van der Waals surface area (Å²) in [6, 6.07) is 9.00. The zero-order valence-corrected chi connectivity index (χ0v) is 13.2. The van der Waals surface area contributed by atoms with E-state index >= 15 is 0 Å². The molecule has 0 spiro atoms. The number of hydrogen-bond donors (Lipinski definition) is 1. The highest BCUT2D eigenvalue weighted by molar-refractivity contribution is 6.01. The van der Waals surface area contributed by atoms with Crippen LogP contribution in [0.25, 0.3) is 11.3 Å². The van der Waals surface area contributed by atoms with Crippen molar-refractivity contribution in [1.29, 1.82) is 0 Å². The summed E-state index contributed by atoms with van der Waals surface area (Å²) in [4.78, 5) is 23.9. The number of nitro groups is 1. The number of nitrogens with one attached hydrogen (secondary N) is 1. The molecule has 1 N–H and O–H groups in total. The standard InChI is InChI=1S/C15H14N6O4/c1-2-8-20-18-15(17-19-20)16-14(22)13-7-6-12(25-13)10-4-3-5-11(9-10)21(23)24/h3-7,9H,2,8H2,1H3,(H,16,18,22). The topological polar surface area (TPSA) is 129 Å². The van der Waals surface area contributed by atoms with Crippen LogP contribution in [0.2, 0.25) is 0 Å². The van der Waals surface area contributed by atoms with Crippen LogP contribution in [-0.2, 0) is 6.54 Å². The number of aryl methyl sites for hydroxylation is 1. The van der Waals surface area contributed by atoms with Gasteiger partial charge in [0, 0.05) is 17.7 Å². The van der Waals surface area contributed by atoms with Crippen molar-refractivity contribution in [2.45, 2.75) is 19.9 Å². The Labute approximate surface area is 141 Å². The molecule has 0 unspecified atom stereocenters. The van der Waals surface area contributed by atoms with E-state index in [0.717, 1.165) is 6.42 Å². The van der Waals surface area contributed by atoms with Crippen LogP contribution < -0.4 is 5.32 Å². The third kappa shape index (κ3) is 3.68. The third-order valence-electron chi connectivity index (χ3n) is 3.27. The summed E-state index contributed by atoms with van der Waals surface area (Å²) in [7, 11) is 0. The minimum absolute atomic E-state index is 0.0355. The van der Waals surface area contributed by atoms with Gasteiger partial charge in [0.25, 0.3) is 17.5 Å². The van der Waals surface area contributed by atoms with Gasteiger partial charge in [0.05, 0.1) is 11.5 Å². The quantitative estimate of drug-likeness (QED) is 0.538. The van der Waals surface area contributed by atoms with E-state index in [4.69, 9.17) is 4.42 Å². The smallest absolute Gasteiger partial charge is 0.293 e. The number of nitrogens with zero attached hydrogens (tertiary/aromatic N) is 5. The number of tetrazole rings is 1. The fourth-order valence-corrected chi connectivity index (χ4v) is 2.14. The van der Waals surface area contributed by atoms with Gasteiger partial charge in [0.2, 0.25) is 0 Å². The van der Waals surface area contributed by atoms with Crippen LogP contribution in [0.1, 0.15) is 23.9 Å². The van der Waals surface area contributed by atoms with Gasteiger partial charge < -0.3 is 4.42 Å². The molecule has 0 radical (unpaired) electrons. The molecular formula is C15H14N6O4. The first-order chi connectivity index (χ1) is 12.1. The van der Waals surface area contributed by atoms with E-state index < -0.39 is 10.8 Å². The molecule has 0 aliphatic heterocycles. The van der Waals surface area contributed by atoms with E-state index in [2.05, 4.69) is 20.7 Å². The summed E-state index contributed by atoms with van der Waals surface area (Å²) >= 11 is 0. The molecule has 2 aromatic heterocycles. The van der Waals surface area contributed by atoms with Gasteiger partial charge >= 0.3 is 0 Å². The molecule has 25 heavy (non-hydrogen) atoms. The molecule has 128 valence electrons. The van der Waals surface area contributed by atoms with Crippen LogP contribution in [0.5, 0.6) is 0 Å². The van der Waals surface area contributed by atoms with Crippen LogP contribution >= 0.6 is 0 Å². The SMILES string of the molecule is CCCn1nnc(NC(=O)c2ccc(-c3cccc([N+](=O)[O-])c3)o2)n1. The van der Waals surface area contributed by atoms with Crippen molar-refractivity contribution in [3.05, 3.63) is 52.3 Å². The van der Waals surface area contributed by atoms with Gasteiger partial charge in [-0.05, 0) is 23.8 Å². The summed E-state index contributed by atoms with van der Waals surface area (Å²) < 4.78 is 5.48. The van der Waals surface area contributed by atoms with Gasteiger partial charge in [-0.15, -0.1) is 5.10 Å². The third-order valence-corrected chi connectivity index (χ3v) is 3.27. The predicted molar refractivity (Wildman–Crippen MR) is 86.9 cm³/mol. The van der Waals surface area contributed by atoms with E-state index in [-0.39, 0.29) is 17.4 Å². The van der Waals surface area contributed by atoms with E-state index in [9.17, 15) is 14.9 Å². The molecular weight excluding hydrogens is 328 g/mol. The first-order valence-electron chi connectivity index (χ1n) is 7.50. The molecule has 10 heteroatoms. The molecule has 1 aromatic carbocycles. The molecule has 0 saturated heterocycles. The predicted octanol–water partition coefficient (Wildman–Crippen LogP) is 2.50. The maximum atomic E-state index is 12.2. The molecule has 0 atom stereocenters. The van der Waals surface area contributed by atoms with E-state index in [1.807, 2.05) is 6.92 Å². The van der Waals surface area contributed by atoms with Gasteiger partial charge in [0.1, 0.15) is 5.76 Å². The fraction of sp³-hybridized carbons (Fsp3) is 0.200. The molecule has 0 aliphatic carbocycles. The van der Waals surface area contributed by atoms with Crippen molar-refractivity contribution < 1.29 is 14.1 Å². The van der Waals surface area contributed by atoms with Gasteiger partial charge in [0.15, 0.2) is 5.76 Å². The molecule has 0 saturated carbocycles. The number of benzene rings is 1. The van der Waals surface area contributed by atoms with Gasteiger partial charge in [-0.2, -0.15) is 4.80 Å². The molecule has 3 rings (SSSR count). The number of hydrogen-bond acceptors (Lipinski definition) is 7. The molecule has 10 nitrogen and oxygen atoms in total. The Morgan fingerprint density at radius 1 is 1.36 bits per heavy atom. The lowest BCUT2D eigenvalue weighted by molar-refractivity contribution is -0.384. The van der Waals surface area contributed by atoms with Crippen molar-refractivity contribution in [3.63, 3.8) is 0 Å². The first-order valence-corrected chi connectivity index (χ1v) is 7.50. The summed E-state index contributed by atoms with van der Waals surface area (Å²) in [5.41, 5.74) is 0.442.